The summed E-state index contributed by atoms with van der Waals surface area (Å²) < 4.78 is 22.0. The molecule has 1 amide bonds. The molecule has 3 heterocycles. The predicted octanol–water partition coefficient (Wildman–Crippen LogP) is 3.18. The average molecular weight is 488 g/mol. The Kier molecular flexibility index (Phi) is 6.40. The molecule has 0 bridgehead atoms. The summed E-state index contributed by atoms with van der Waals surface area (Å²) in [6.45, 7) is 1.52. The van der Waals surface area contributed by atoms with Gasteiger partial charge in [-0.1, -0.05) is 12.1 Å². The third-order valence-electron chi connectivity index (χ3n) is 5.84. The van der Waals surface area contributed by atoms with Gasteiger partial charge in [-0.2, -0.15) is 0 Å². The standard InChI is InChI=1S/C26H25N5O5/c1-33-18-6-4-16(5-7-18)15-36-19-12-17(13-27-14-19)25(32)30-26-29-22-20(24-28-10-11-31(24)26)8-9-21(34-2)23(22)35-3/h4-9,12-14H,10-11,15H2,1-3H3,(H,29,30,32). The summed E-state index contributed by atoms with van der Waals surface area (Å²) in [5, 5.41) is 2.90. The van der Waals surface area contributed by atoms with Crippen LogP contribution in [0, 0.1) is 0 Å². The second-order valence-electron chi connectivity index (χ2n) is 7.99. The second-order valence-corrected chi connectivity index (χ2v) is 7.99. The van der Waals surface area contributed by atoms with Crippen LogP contribution in [-0.2, 0) is 6.61 Å². The summed E-state index contributed by atoms with van der Waals surface area (Å²) in [5.74, 6) is 2.99. The first-order valence-corrected chi connectivity index (χ1v) is 11.3. The number of guanidine groups is 1. The van der Waals surface area contributed by atoms with Crippen LogP contribution in [0.3, 0.4) is 0 Å². The molecule has 3 aromatic rings. The smallest absolute Gasteiger partial charge is 0.259 e. The lowest BCUT2D eigenvalue weighted by Gasteiger charge is -2.28. The third-order valence-corrected chi connectivity index (χ3v) is 5.84. The fraction of sp³-hybridized carbons (Fsp3) is 0.231. The molecule has 1 aromatic heterocycles. The monoisotopic (exact) mass is 487 g/mol. The number of carbonyl (C=O) groups is 1. The first-order chi connectivity index (χ1) is 17.6. The van der Waals surface area contributed by atoms with Crippen LogP contribution >= 0.6 is 0 Å². The SMILES string of the molecule is COc1ccc(COc2cncc(C(=O)NC3=Nc4c(ccc(OC)c4OC)C4=NCCN34)c2)cc1. The van der Waals surface area contributed by atoms with Gasteiger partial charge in [0.05, 0.1) is 39.6 Å². The Labute approximate surface area is 208 Å². The van der Waals surface area contributed by atoms with Crippen LogP contribution in [0.2, 0.25) is 0 Å². The number of methoxy groups -OCH3 is 3. The van der Waals surface area contributed by atoms with Crippen molar-refractivity contribution in [1.82, 2.24) is 15.2 Å². The maximum atomic E-state index is 13.2. The van der Waals surface area contributed by atoms with Crippen LogP contribution in [0.1, 0.15) is 21.5 Å². The van der Waals surface area contributed by atoms with E-state index in [1.165, 1.54) is 6.20 Å². The van der Waals surface area contributed by atoms with Crippen molar-refractivity contribution >= 4 is 23.4 Å². The van der Waals surface area contributed by atoms with E-state index < -0.39 is 0 Å². The maximum Gasteiger partial charge on any atom is 0.259 e. The summed E-state index contributed by atoms with van der Waals surface area (Å²) in [6.07, 6.45) is 3.05. The zero-order valence-corrected chi connectivity index (χ0v) is 20.1. The van der Waals surface area contributed by atoms with Gasteiger partial charge in [0.2, 0.25) is 5.96 Å². The summed E-state index contributed by atoms with van der Waals surface area (Å²) >= 11 is 0. The number of hydrogen-bond acceptors (Lipinski definition) is 9. The largest absolute Gasteiger partial charge is 0.497 e. The van der Waals surface area contributed by atoms with E-state index in [1.54, 1.807) is 33.6 Å². The second kappa shape index (κ2) is 9.95. The maximum absolute atomic E-state index is 13.2. The lowest BCUT2D eigenvalue weighted by molar-refractivity contribution is 0.0973. The van der Waals surface area contributed by atoms with Gasteiger partial charge in [0.1, 0.15) is 29.6 Å². The van der Waals surface area contributed by atoms with E-state index in [2.05, 4.69) is 15.3 Å². The minimum atomic E-state index is -0.368. The number of pyridine rings is 1. The zero-order chi connectivity index (χ0) is 25.1. The van der Waals surface area contributed by atoms with Crippen LogP contribution in [0.25, 0.3) is 0 Å². The Balaban J connectivity index is 1.36. The van der Waals surface area contributed by atoms with Gasteiger partial charge < -0.3 is 18.9 Å². The topological polar surface area (TPSA) is 107 Å². The highest BCUT2D eigenvalue weighted by Gasteiger charge is 2.33. The van der Waals surface area contributed by atoms with E-state index in [9.17, 15) is 4.79 Å². The molecule has 2 aliphatic rings. The molecule has 0 radical (unpaired) electrons. The number of benzene rings is 2. The van der Waals surface area contributed by atoms with E-state index in [0.717, 1.165) is 22.7 Å². The molecular formula is C26H25N5O5. The van der Waals surface area contributed by atoms with Gasteiger partial charge in [0, 0.05) is 18.3 Å². The molecule has 10 nitrogen and oxygen atoms in total. The van der Waals surface area contributed by atoms with Crippen LogP contribution in [0.15, 0.2) is 64.8 Å². The normalized spacial score (nSPS) is 13.7. The van der Waals surface area contributed by atoms with Crippen molar-refractivity contribution in [3.05, 3.63) is 71.5 Å². The Morgan fingerprint density at radius 1 is 1.00 bits per heavy atom. The van der Waals surface area contributed by atoms with Crippen LogP contribution in [-0.4, -0.2) is 62.0 Å². The van der Waals surface area contributed by atoms with Crippen molar-refractivity contribution < 1.29 is 23.7 Å². The summed E-state index contributed by atoms with van der Waals surface area (Å²) in [6, 6.07) is 12.9. The van der Waals surface area contributed by atoms with E-state index in [0.29, 0.717) is 54.2 Å². The number of carbonyl (C=O) groups excluding carboxylic acids is 1. The Morgan fingerprint density at radius 3 is 2.58 bits per heavy atom. The number of fused-ring (bicyclic) bond motifs is 3. The van der Waals surface area contributed by atoms with Gasteiger partial charge in [0.15, 0.2) is 11.5 Å². The molecule has 0 aliphatic carbocycles. The van der Waals surface area contributed by atoms with Crippen LogP contribution in [0.4, 0.5) is 5.69 Å². The number of ether oxygens (including phenoxy) is 4. The molecule has 0 saturated carbocycles. The molecule has 10 heteroatoms. The van der Waals surface area contributed by atoms with E-state index >= 15 is 0 Å². The van der Waals surface area contributed by atoms with Crippen LogP contribution in [0.5, 0.6) is 23.0 Å². The molecule has 0 fully saturated rings. The first kappa shape index (κ1) is 23.2. The molecule has 1 N–H and O–H groups in total. The van der Waals surface area contributed by atoms with Crippen molar-refractivity contribution in [2.75, 3.05) is 34.4 Å². The molecule has 5 rings (SSSR count). The van der Waals surface area contributed by atoms with Gasteiger partial charge >= 0.3 is 0 Å². The molecule has 0 unspecified atom stereocenters. The number of hydrogen-bond donors (Lipinski definition) is 1. The Morgan fingerprint density at radius 2 is 1.83 bits per heavy atom. The Bertz CT molecular complexity index is 1350. The number of rotatable bonds is 7. The molecular weight excluding hydrogens is 462 g/mol. The molecule has 0 spiro atoms. The van der Waals surface area contributed by atoms with E-state index in [-0.39, 0.29) is 5.91 Å². The van der Waals surface area contributed by atoms with Crippen LogP contribution < -0.4 is 24.3 Å². The molecule has 0 saturated heterocycles. The molecule has 2 aliphatic heterocycles. The van der Waals surface area contributed by atoms with Gasteiger partial charge in [-0.3, -0.25) is 25.0 Å². The van der Waals surface area contributed by atoms with E-state index in [1.807, 2.05) is 41.3 Å². The number of aliphatic imine (C=N–C) groups is 2. The van der Waals surface area contributed by atoms with Crippen molar-refractivity contribution in [3.8, 4) is 23.0 Å². The van der Waals surface area contributed by atoms with Crippen molar-refractivity contribution in [1.29, 1.82) is 0 Å². The third kappa shape index (κ3) is 4.40. The number of amides is 1. The minimum absolute atomic E-state index is 0.329. The predicted molar refractivity (Wildman–Crippen MR) is 134 cm³/mol. The van der Waals surface area contributed by atoms with Crippen molar-refractivity contribution in [2.24, 2.45) is 9.98 Å². The Hall–Kier alpha value is -4.60. The van der Waals surface area contributed by atoms with E-state index in [4.69, 9.17) is 23.9 Å². The van der Waals surface area contributed by atoms with Crippen molar-refractivity contribution in [3.63, 3.8) is 0 Å². The highest BCUT2D eigenvalue weighted by Crippen LogP contribution is 2.43. The first-order valence-electron chi connectivity index (χ1n) is 11.3. The molecule has 0 atom stereocenters. The summed E-state index contributed by atoms with van der Waals surface area (Å²) in [7, 11) is 4.74. The molecule has 36 heavy (non-hydrogen) atoms. The molecule has 2 aromatic carbocycles. The zero-order valence-electron chi connectivity index (χ0n) is 20.1. The van der Waals surface area contributed by atoms with Gasteiger partial charge in [0.25, 0.3) is 5.91 Å². The summed E-state index contributed by atoms with van der Waals surface area (Å²) in [4.78, 5) is 28.5. The van der Waals surface area contributed by atoms with Crippen molar-refractivity contribution in [2.45, 2.75) is 6.61 Å². The lowest BCUT2D eigenvalue weighted by atomic mass is 10.1. The fourth-order valence-corrected chi connectivity index (χ4v) is 4.03. The van der Waals surface area contributed by atoms with Gasteiger partial charge in [-0.05, 0) is 35.9 Å². The number of amidine groups is 1. The fourth-order valence-electron chi connectivity index (χ4n) is 4.03. The number of aromatic nitrogens is 1. The highest BCUT2D eigenvalue weighted by molar-refractivity contribution is 6.20. The quantitative estimate of drug-likeness (QED) is 0.546. The number of nitrogens with zero attached hydrogens (tertiary/aromatic N) is 4. The minimum Gasteiger partial charge on any atom is -0.497 e. The average Bonchev–Trinajstić information content (AvgIpc) is 3.42. The number of nitrogens with one attached hydrogen (secondary N) is 1. The van der Waals surface area contributed by atoms with Gasteiger partial charge in [-0.25, -0.2) is 4.99 Å². The highest BCUT2D eigenvalue weighted by atomic mass is 16.5. The molecule has 184 valence electrons. The lowest BCUT2D eigenvalue weighted by Crippen LogP contribution is -2.47. The summed E-state index contributed by atoms with van der Waals surface area (Å²) in [5.41, 5.74) is 2.68. The van der Waals surface area contributed by atoms with Gasteiger partial charge in [-0.15, -0.1) is 0 Å².